The molecule has 4 nitrogen and oxygen atoms in total. The molecule has 0 aromatic rings. The quantitative estimate of drug-likeness (QED) is 0.613. The lowest BCUT2D eigenvalue weighted by atomic mass is 10.2. The smallest absolute Gasteiger partial charge is 0.238 e. The molecule has 1 fully saturated rings. The van der Waals surface area contributed by atoms with Crippen LogP contribution in [0.1, 0.15) is 39.0 Å². The molecule has 1 aliphatic heterocycles. The van der Waals surface area contributed by atoms with Crippen molar-refractivity contribution in [2.24, 2.45) is 0 Å². The molecule has 2 unspecified atom stereocenters. The van der Waals surface area contributed by atoms with Crippen LogP contribution in [0.15, 0.2) is 0 Å². The average molecular weight is 282 g/mol. The second-order valence-electron chi connectivity index (χ2n) is 4.57. The third-order valence-electron chi connectivity index (χ3n) is 2.95. The van der Waals surface area contributed by atoms with Crippen molar-refractivity contribution in [2.75, 3.05) is 12.3 Å². The Kier molecular flexibility index (Phi) is 5.73. The minimum atomic E-state index is -3.21. The van der Waals surface area contributed by atoms with E-state index in [2.05, 4.69) is 5.32 Å². The van der Waals surface area contributed by atoms with Crippen molar-refractivity contribution in [1.29, 1.82) is 0 Å². The Morgan fingerprint density at radius 1 is 1.47 bits per heavy atom. The first kappa shape index (κ1) is 14.8. The van der Waals surface area contributed by atoms with Crippen LogP contribution in [-0.4, -0.2) is 37.2 Å². The van der Waals surface area contributed by atoms with Crippen molar-refractivity contribution >= 4 is 27.3 Å². The first-order chi connectivity index (χ1) is 7.93. The van der Waals surface area contributed by atoms with E-state index in [4.69, 9.17) is 11.6 Å². The van der Waals surface area contributed by atoms with E-state index < -0.39 is 15.1 Å². The largest absolute Gasteiger partial charge is 0.355 e. The highest BCUT2D eigenvalue weighted by atomic mass is 35.5. The average Bonchev–Trinajstić information content (AvgIpc) is 2.23. The van der Waals surface area contributed by atoms with Gasteiger partial charge in [0.05, 0.1) is 5.75 Å². The number of hydrogen-bond acceptors (Lipinski definition) is 3. The normalized spacial score (nSPS) is 25.2. The Morgan fingerprint density at radius 2 is 2.18 bits per heavy atom. The Morgan fingerprint density at radius 3 is 2.76 bits per heavy atom. The van der Waals surface area contributed by atoms with Crippen molar-refractivity contribution in [3.8, 4) is 0 Å². The van der Waals surface area contributed by atoms with Gasteiger partial charge in [-0.15, -0.1) is 11.6 Å². The van der Waals surface area contributed by atoms with Gasteiger partial charge in [0.1, 0.15) is 5.25 Å². The molecule has 0 aromatic heterocycles. The van der Waals surface area contributed by atoms with Crippen molar-refractivity contribution in [3.63, 3.8) is 0 Å². The predicted molar refractivity (Wildman–Crippen MR) is 69.0 cm³/mol. The molecule has 1 saturated heterocycles. The van der Waals surface area contributed by atoms with Crippen LogP contribution in [-0.2, 0) is 14.6 Å². The van der Waals surface area contributed by atoms with E-state index in [0.29, 0.717) is 19.4 Å². The maximum Gasteiger partial charge on any atom is 0.238 e. The maximum atomic E-state index is 11.7. The van der Waals surface area contributed by atoms with E-state index >= 15 is 0 Å². The van der Waals surface area contributed by atoms with Gasteiger partial charge in [0.15, 0.2) is 9.84 Å². The molecule has 1 amide bonds. The highest BCUT2D eigenvalue weighted by Gasteiger charge is 2.34. The monoisotopic (exact) mass is 281 g/mol. The van der Waals surface area contributed by atoms with Gasteiger partial charge in [-0.25, -0.2) is 8.42 Å². The van der Waals surface area contributed by atoms with E-state index in [-0.39, 0.29) is 17.0 Å². The molecule has 17 heavy (non-hydrogen) atoms. The summed E-state index contributed by atoms with van der Waals surface area (Å²) in [4.78, 5) is 11.7. The fraction of sp³-hybridized carbons (Fsp3) is 0.909. The van der Waals surface area contributed by atoms with E-state index in [1.165, 1.54) is 0 Å². The van der Waals surface area contributed by atoms with Gasteiger partial charge in [-0.3, -0.25) is 4.79 Å². The molecule has 0 aromatic carbocycles. The summed E-state index contributed by atoms with van der Waals surface area (Å²) in [5, 5.41) is 1.95. The zero-order chi connectivity index (χ0) is 12.9. The Labute approximate surface area is 108 Å². The maximum absolute atomic E-state index is 11.7. The Bertz CT molecular complexity index is 354. The number of hydrogen-bond donors (Lipinski definition) is 1. The third-order valence-corrected chi connectivity index (χ3v) is 5.34. The van der Waals surface area contributed by atoms with Crippen LogP contribution in [0.5, 0.6) is 0 Å². The first-order valence-electron chi connectivity index (χ1n) is 6.07. The summed E-state index contributed by atoms with van der Waals surface area (Å²) in [5.74, 6) is -0.198. The number of rotatable bonds is 5. The molecule has 1 aliphatic rings. The summed E-state index contributed by atoms with van der Waals surface area (Å²) >= 11 is 5.78. The van der Waals surface area contributed by atoms with E-state index in [9.17, 15) is 13.2 Å². The van der Waals surface area contributed by atoms with Crippen molar-refractivity contribution in [1.82, 2.24) is 5.32 Å². The third kappa shape index (κ3) is 4.84. The summed E-state index contributed by atoms with van der Waals surface area (Å²) in [6, 6.07) is 0. The van der Waals surface area contributed by atoms with Gasteiger partial charge < -0.3 is 5.32 Å². The molecule has 0 bridgehead atoms. The zero-order valence-corrected chi connectivity index (χ0v) is 11.7. The van der Waals surface area contributed by atoms with E-state index in [1.54, 1.807) is 0 Å². The molecule has 0 spiro atoms. The molecular formula is C11H20ClNO3S. The Balaban J connectivity index is 2.36. The second-order valence-corrected chi connectivity index (χ2v) is 7.61. The number of nitrogens with one attached hydrogen (secondary N) is 1. The fourth-order valence-corrected chi connectivity index (χ4v) is 3.94. The predicted octanol–water partition coefficient (Wildman–Crippen LogP) is 1.48. The van der Waals surface area contributed by atoms with Crippen LogP contribution in [0.3, 0.4) is 0 Å². The van der Waals surface area contributed by atoms with Crippen LogP contribution in [0.25, 0.3) is 0 Å². The summed E-state index contributed by atoms with van der Waals surface area (Å²) in [5.41, 5.74) is 0. The number of amides is 1. The summed E-state index contributed by atoms with van der Waals surface area (Å²) < 4.78 is 23.4. The molecule has 0 saturated carbocycles. The molecular weight excluding hydrogens is 262 g/mol. The molecule has 0 aliphatic carbocycles. The van der Waals surface area contributed by atoms with Gasteiger partial charge >= 0.3 is 0 Å². The van der Waals surface area contributed by atoms with Gasteiger partial charge in [0.25, 0.3) is 0 Å². The van der Waals surface area contributed by atoms with Gasteiger partial charge in [-0.05, 0) is 32.6 Å². The lowest BCUT2D eigenvalue weighted by Gasteiger charge is -2.21. The molecule has 2 atom stereocenters. The summed E-state index contributed by atoms with van der Waals surface area (Å²) in [6.45, 7) is 2.40. The van der Waals surface area contributed by atoms with Gasteiger partial charge in [-0.1, -0.05) is 6.42 Å². The number of carbonyl (C=O) groups excluding carboxylic acids is 1. The molecule has 0 radical (unpaired) electrons. The van der Waals surface area contributed by atoms with Crippen LogP contribution >= 0.6 is 11.6 Å². The Hall–Kier alpha value is -0.290. The minimum absolute atomic E-state index is 0.0883. The molecule has 100 valence electrons. The number of halogens is 1. The zero-order valence-electron chi connectivity index (χ0n) is 10.1. The van der Waals surface area contributed by atoms with Crippen molar-refractivity contribution < 1.29 is 13.2 Å². The molecule has 6 heteroatoms. The van der Waals surface area contributed by atoms with E-state index in [0.717, 1.165) is 19.3 Å². The van der Waals surface area contributed by atoms with Gasteiger partial charge in [-0.2, -0.15) is 0 Å². The van der Waals surface area contributed by atoms with Crippen LogP contribution in [0.2, 0.25) is 0 Å². The molecule has 1 N–H and O–H groups in total. The second kappa shape index (κ2) is 6.59. The SMILES string of the molecule is CC(Cl)CCCNC(=O)C1CCCCS1(=O)=O. The highest BCUT2D eigenvalue weighted by molar-refractivity contribution is 7.92. The number of sulfone groups is 1. The fourth-order valence-electron chi connectivity index (χ4n) is 1.96. The molecule has 1 rings (SSSR count). The van der Waals surface area contributed by atoms with Gasteiger partial charge in [0.2, 0.25) is 5.91 Å². The first-order valence-corrected chi connectivity index (χ1v) is 8.22. The topological polar surface area (TPSA) is 63.2 Å². The van der Waals surface area contributed by atoms with Crippen molar-refractivity contribution in [2.45, 2.75) is 49.7 Å². The van der Waals surface area contributed by atoms with Crippen molar-refractivity contribution in [3.05, 3.63) is 0 Å². The number of carbonyl (C=O) groups is 1. The van der Waals surface area contributed by atoms with E-state index in [1.807, 2.05) is 6.92 Å². The van der Waals surface area contributed by atoms with Crippen LogP contribution < -0.4 is 5.32 Å². The minimum Gasteiger partial charge on any atom is -0.355 e. The molecule has 1 heterocycles. The summed E-state index contributed by atoms with van der Waals surface area (Å²) in [6.07, 6.45) is 3.55. The van der Waals surface area contributed by atoms with Crippen LogP contribution in [0.4, 0.5) is 0 Å². The van der Waals surface area contributed by atoms with Crippen LogP contribution in [0, 0.1) is 0 Å². The highest BCUT2D eigenvalue weighted by Crippen LogP contribution is 2.19. The lowest BCUT2D eigenvalue weighted by molar-refractivity contribution is -0.120. The number of alkyl halides is 1. The lowest BCUT2D eigenvalue weighted by Crippen LogP contribution is -2.43. The standard InChI is InChI=1S/C11H20ClNO3S/c1-9(12)5-4-7-13-11(14)10-6-2-3-8-17(10,15)16/h9-10H,2-8H2,1H3,(H,13,14). The van der Waals surface area contributed by atoms with Gasteiger partial charge in [0, 0.05) is 11.9 Å². The summed E-state index contributed by atoms with van der Waals surface area (Å²) in [7, 11) is -3.21.